The van der Waals surface area contributed by atoms with Gasteiger partial charge in [0.15, 0.2) is 0 Å². The number of nitrogens with zero attached hydrogens (tertiary/aromatic N) is 4. The van der Waals surface area contributed by atoms with Gasteiger partial charge in [0.25, 0.3) is 0 Å². The highest BCUT2D eigenvalue weighted by molar-refractivity contribution is 7.99. The Hall–Kier alpha value is -5.65. The first-order chi connectivity index (χ1) is 22.3. The summed E-state index contributed by atoms with van der Waals surface area (Å²) in [6, 6.07) is 44.6. The summed E-state index contributed by atoms with van der Waals surface area (Å²) in [4.78, 5) is 20.6. The number of aliphatic imine (C=N–C) groups is 1. The lowest BCUT2D eigenvalue weighted by molar-refractivity contribution is 1.27. The summed E-state index contributed by atoms with van der Waals surface area (Å²) < 4.78 is 0. The van der Waals surface area contributed by atoms with E-state index >= 15 is 0 Å². The van der Waals surface area contributed by atoms with Crippen molar-refractivity contribution in [1.82, 2.24) is 15.0 Å². The third-order valence-electron chi connectivity index (χ3n) is 7.99. The van der Waals surface area contributed by atoms with Crippen molar-refractivity contribution >= 4 is 23.7 Å². The molecular formula is C40H26N4S. The number of fused-ring (bicyclic) bond motifs is 2. The van der Waals surface area contributed by atoms with E-state index in [0.29, 0.717) is 0 Å². The molecule has 0 aliphatic carbocycles. The molecule has 4 aromatic carbocycles. The summed E-state index contributed by atoms with van der Waals surface area (Å²) in [6.45, 7) is 0. The molecule has 45 heavy (non-hydrogen) atoms. The topological polar surface area (TPSA) is 51.0 Å². The monoisotopic (exact) mass is 594 g/mol. The van der Waals surface area contributed by atoms with E-state index in [2.05, 4.69) is 107 Å². The third-order valence-corrected chi connectivity index (χ3v) is 9.13. The molecule has 0 N–H and O–H groups in total. The van der Waals surface area contributed by atoms with Crippen LogP contribution in [-0.2, 0) is 0 Å². The molecule has 4 nitrogen and oxygen atoms in total. The van der Waals surface area contributed by atoms with E-state index in [1.165, 1.54) is 20.9 Å². The minimum absolute atomic E-state index is 0.906. The van der Waals surface area contributed by atoms with Crippen molar-refractivity contribution in [3.05, 3.63) is 158 Å². The Kier molecular flexibility index (Phi) is 7.06. The number of pyridine rings is 3. The first kappa shape index (κ1) is 26.9. The molecule has 1 aliphatic heterocycles. The van der Waals surface area contributed by atoms with Gasteiger partial charge in [-0.25, -0.2) is 4.98 Å². The lowest BCUT2D eigenvalue weighted by atomic mass is 9.95. The summed E-state index contributed by atoms with van der Waals surface area (Å²) in [5, 5.41) is 0. The van der Waals surface area contributed by atoms with Gasteiger partial charge in [-0.15, -0.1) is 0 Å². The van der Waals surface area contributed by atoms with E-state index in [1.54, 1.807) is 36.5 Å². The fourth-order valence-corrected chi connectivity index (χ4v) is 6.71. The number of para-hydroxylation sites is 1. The van der Waals surface area contributed by atoms with Gasteiger partial charge in [0.1, 0.15) is 0 Å². The van der Waals surface area contributed by atoms with Crippen molar-refractivity contribution in [2.24, 2.45) is 4.99 Å². The van der Waals surface area contributed by atoms with Gasteiger partial charge in [0.2, 0.25) is 0 Å². The molecule has 1 aliphatic rings. The van der Waals surface area contributed by atoms with Crippen LogP contribution in [0.15, 0.2) is 167 Å². The van der Waals surface area contributed by atoms with Gasteiger partial charge in [-0.05, 0) is 94.0 Å². The van der Waals surface area contributed by atoms with Gasteiger partial charge in [0.05, 0.1) is 17.1 Å². The Morgan fingerprint density at radius 2 is 1.02 bits per heavy atom. The van der Waals surface area contributed by atoms with Gasteiger partial charge in [-0.3, -0.25) is 15.0 Å². The molecule has 0 saturated heterocycles. The minimum Gasteiger partial charge on any atom is -0.265 e. The van der Waals surface area contributed by atoms with Crippen LogP contribution in [0.3, 0.4) is 0 Å². The molecule has 0 unspecified atom stereocenters. The molecule has 0 amide bonds. The average Bonchev–Trinajstić information content (AvgIpc) is 3.32. The SMILES string of the molecule is C1=Nc2ccccc2Sc2cccc(-c3ccc(-c4cccc(-c5cc(-c6ccncc6)nc(-c6ccncc6)c5)c4)cc3)c21. The zero-order valence-electron chi connectivity index (χ0n) is 24.2. The normalized spacial score (nSPS) is 11.8. The molecule has 3 aromatic heterocycles. The van der Waals surface area contributed by atoms with E-state index in [0.717, 1.165) is 56.0 Å². The zero-order chi connectivity index (χ0) is 30.0. The van der Waals surface area contributed by atoms with Gasteiger partial charge in [-0.1, -0.05) is 78.5 Å². The maximum atomic E-state index is 5.00. The molecule has 8 rings (SSSR count). The molecule has 7 aromatic rings. The highest BCUT2D eigenvalue weighted by Gasteiger charge is 2.15. The van der Waals surface area contributed by atoms with Crippen molar-refractivity contribution in [3.8, 4) is 55.9 Å². The zero-order valence-corrected chi connectivity index (χ0v) is 25.0. The molecule has 0 saturated carbocycles. The predicted molar refractivity (Wildman–Crippen MR) is 185 cm³/mol. The molecule has 4 heterocycles. The molecular weight excluding hydrogens is 569 g/mol. The Balaban J connectivity index is 1.14. The second kappa shape index (κ2) is 11.8. The van der Waals surface area contributed by atoms with Gasteiger partial charge < -0.3 is 0 Å². The summed E-state index contributed by atoms with van der Waals surface area (Å²) in [7, 11) is 0. The van der Waals surface area contributed by atoms with Crippen LogP contribution in [0.2, 0.25) is 0 Å². The van der Waals surface area contributed by atoms with Crippen LogP contribution in [0.4, 0.5) is 5.69 Å². The molecule has 0 atom stereocenters. The number of hydrogen-bond acceptors (Lipinski definition) is 5. The molecule has 212 valence electrons. The van der Waals surface area contributed by atoms with Crippen molar-refractivity contribution in [2.75, 3.05) is 0 Å². The van der Waals surface area contributed by atoms with Crippen molar-refractivity contribution in [1.29, 1.82) is 0 Å². The van der Waals surface area contributed by atoms with Crippen LogP contribution in [-0.4, -0.2) is 21.2 Å². The second-order valence-electron chi connectivity index (χ2n) is 10.8. The van der Waals surface area contributed by atoms with Crippen LogP contribution < -0.4 is 0 Å². The molecule has 0 bridgehead atoms. The van der Waals surface area contributed by atoms with Crippen molar-refractivity contribution < 1.29 is 0 Å². The van der Waals surface area contributed by atoms with E-state index < -0.39 is 0 Å². The van der Waals surface area contributed by atoms with E-state index in [-0.39, 0.29) is 0 Å². The summed E-state index contributed by atoms with van der Waals surface area (Å²) in [5.41, 5.74) is 12.9. The second-order valence-corrected chi connectivity index (χ2v) is 11.9. The van der Waals surface area contributed by atoms with Crippen LogP contribution >= 0.6 is 11.8 Å². The van der Waals surface area contributed by atoms with Gasteiger partial charge >= 0.3 is 0 Å². The first-order valence-corrected chi connectivity index (χ1v) is 15.6. The van der Waals surface area contributed by atoms with E-state index in [9.17, 15) is 0 Å². The third kappa shape index (κ3) is 5.46. The Morgan fingerprint density at radius 3 is 1.73 bits per heavy atom. The number of benzene rings is 4. The van der Waals surface area contributed by atoms with E-state index in [1.807, 2.05) is 36.5 Å². The fourth-order valence-electron chi connectivity index (χ4n) is 5.68. The predicted octanol–water partition coefficient (Wildman–Crippen LogP) is 10.4. The quantitative estimate of drug-likeness (QED) is 0.199. The molecule has 5 heteroatoms. The highest BCUT2D eigenvalue weighted by atomic mass is 32.2. The number of rotatable bonds is 5. The van der Waals surface area contributed by atoms with E-state index in [4.69, 9.17) is 9.98 Å². The molecule has 0 radical (unpaired) electrons. The van der Waals surface area contributed by atoms with Crippen LogP contribution in [0.1, 0.15) is 5.56 Å². The fraction of sp³-hybridized carbons (Fsp3) is 0. The number of aromatic nitrogens is 3. The molecule has 0 spiro atoms. The summed E-state index contributed by atoms with van der Waals surface area (Å²) in [6.07, 6.45) is 9.22. The van der Waals surface area contributed by atoms with Crippen LogP contribution in [0.5, 0.6) is 0 Å². The largest absolute Gasteiger partial charge is 0.265 e. The lowest BCUT2D eigenvalue weighted by Gasteiger charge is -2.12. The average molecular weight is 595 g/mol. The van der Waals surface area contributed by atoms with Gasteiger partial charge in [-0.2, -0.15) is 0 Å². The lowest BCUT2D eigenvalue weighted by Crippen LogP contribution is -1.92. The standard InChI is InChI=1S/C40H26N4S/c1-2-9-40-36(8-1)43-26-35-34(7-4-10-39(35)45-40)28-13-11-27(12-14-28)31-5-3-6-32(23-31)33-24-37(29-15-19-41-20-16-29)44-38(25-33)30-17-21-42-22-18-30/h1-26H. The summed E-state index contributed by atoms with van der Waals surface area (Å²) >= 11 is 1.78. The van der Waals surface area contributed by atoms with Crippen LogP contribution in [0.25, 0.3) is 55.9 Å². The Morgan fingerprint density at radius 1 is 0.422 bits per heavy atom. The maximum Gasteiger partial charge on any atom is 0.0769 e. The van der Waals surface area contributed by atoms with Crippen LogP contribution in [0, 0.1) is 0 Å². The van der Waals surface area contributed by atoms with Crippen molar-refractivity contribution in [3.63, 3.8) is 0 Å². The smallest absolute Gasteiger partial charge is 0.0769 e. The van der Waals surface area contributed by atoms with Crippen molar-refractivity contribution in [2.45, 2.75) is 9.79 Å². The highest BCUT2D eigenvalue weighted by Crippen LogP contribution is 2.42. The van der Waals surface area contributed by atoms with Gasteiger partial charge in [0, 0.05) is 57.5 Å². The Bertz CT molecular complexity index is 2120. The summed E-state index contributed by atoms with van der Waals surface area (Å²) in [5.74, 6) is 0. The minimum atomic E-state index is 0.906. The first-order valence-electron chi connectivity index (χ1n) is 14.8. The Labute approximate surface area is 266 Å². The number of hydrogen-bond donors (Lipinski definition) is 0. The maximum absolute atomic E-state index is 5.00. The molecule has 0 fully saturated rings.